The highest BCUT2D eigenvalue weighted by Crippen LogP contribution is 2.36. The lowest BCUT2D eigenvalue weighted by Gasteiger charge is -2.38. The van der Waals surface area contributed by atoms with E-state index in [-0.39, 0.29) is 43.4 Å². The summed E-state index contributed by atoms with van der Waals surface area (Å²) in [6.07, 6.45) is -7.81. The summed E-state index contributed by atoms with van der Waals surface area (Å²) in [6.45, 7) is 0.498. The Balaban J connectivity index is 1.84. The Bertz CT molecular complexity index is 657. The van der Waals surface area contributed by atoms with Crippen LogP contribution in [0.2, 0.25) is 0 Å². The van der Waals surface area contributed by atoms with Crippen molar-refractivity contribution in [1.29, 1.82) is 0 Å². The first-order chi connectivity index (χ1) is 12.3. The highest BCUT2D eigenvalue weighted by Gasteiger charge is 2.46. The first-order valence-electron chi connectivity index (χ1n) is 8.31. The molecule has 3 atom stereocenters. The largest absolute Gasteiger partial charge is 0.461 e. The number of hydrogen-bond acceptors (Lipinski definition) is 4. The summed E-state index contributed by atoms with van der Waals surface area (Å²) in [4.78, 5) is 14.4. The van der Waals surface area contributed by atoms with Gasteiger partial charge in [-0.1, -0.05) is 12.1 Å². The van der Waals surface area contributed by atoms with Crippen LogP contribution in [-0.2, 0) is 4.74 Å². The smallest absolute Gasteiger partial charge is 0.427 e. The van der Waals surface area contributed by atoms with Crippen LogP contribution < -0.4 is 4.74 Å². The molecule has 0 spiro atoms. The number of ether oxygens (including phenoxy) is 2. The minimum atomic E-state index is -4.70. The van der Waals surface area contributed by atoms with Gasteiger partial charge in [-0.25, -0.2) is 0 Å². The van der Waals surface area contributed by atoms with Crippen molar-refractivity contribution in [3.05, 3.63) is 29.8 Å². The first kappa shape index (κ1) is 18.9. The predicted octanol–water partition coefficient (Wildman–Crippen LogP) is 2.54. The number of halogens is 4. The van der Waals surface area contributed by atoms with Crippen molar-refractivity contribution in [1.82, 2.24) is 4.90 Å². The van der Waals surface area contributed by atoms with Crippen LogP contribution >= 0.6 is 0 Å². The maximum Gasteiger partial charge on any atom is 0.461 e. The van der Waals surface area contributed by atoms with Gasteiger partial charge in [-0.3, -0.25) is 4.79 Å². The number of aliphatic hydroxyl groups is 1. The Hall–Kier alpha value is -1.87. The van der Waals surface area contributed by atoms with Gasteiger partial charge in [0.2, 0.25) is 0 Å². The van der Waals surface area contributed by atoms with Gasteiger partial charge in [-0.2, -0.15) is 17.6 Å². The number of para-hydroxylation sites is 1. The van der Waals surface area contributed by atoms with Crippen LogP contribution in [0.25, 0.3) is 0 Å². The molecule has 0 radical (unpaired) electrons. The summed E-state index contributed by atoms with van der Waals surface area (Å²) >= 11 is 0. The van der Waals surface area contributed by atoms with E-state index < -0.39 is 24.2 Å². The highest BCUT2D eigenvalue weighted by molar-refractivity contribution is 5.97. The Kier molecular flexibility index (Phi) is 5.38. The number of morpholine rings is 1. The fourth-order valence-corrected chi connectivity index (χ4v) is 3.53. The number of aliphatic hydroxyl groups excluding tert-OH is 1. The summed E-state index contributed by atoms with van der Waals surface area (Å²) in [7, 11) is 0. The highest BCUT2D eigenvalue weighted by atomic mass is 19.3. The Labute approximate surface area is 147 Å². The predicted molar refractivity (Wildman–Crippen MR) is 82.4 cm³/mol. The monoisotopic (exact) mass is 377 g/mol. The van der Waals surface area contributed by atoms with Gasteiger partial charge in [-0.15, -0.1) is 0 Å². The second kappa shape index (κ2) is 7.40. The van der Waals surface area contributed by atoms with Gasteiger partial charge in [0, 0.05) is 13.2 Å². The summed E-state index contributed by atoms with van der Waals surface area (Å²) in [5.41, 5.74) is -0.207. The molecule has 0 bridgehead atoms. The zero-order chi connectivity index (χ0) is 18.9. The topological polar surface area (TPSA) is 59.0 Å². The van der Waals surface area contributed by atoms with Gasteiger partial charge in [0.1, 0.15) is 5.75 Å². The van der Waals surface area contributed by atoms with Crippen molar-refractivity contribution in [2.45, 2.75) is 37.5 Å². The molecule has 1 aromatic carbocycles. The Morgan fingerprint density at radius 3 is 2.77 bits per heavy atom. The van der Waals surface area contributed by atoms with Crippen LogP contribution in [0.5, 0.6) is 5.75 Å². The fourth-order valence-electron chi connectivity index (χ4n) is 3.53. The van der Waals surface area contributed by atoms with Crippen molar-refractivity contribution in [3.63, 3.8) is 0 Å². The van der Waals surface area contributed by atoms with Crippen molar-refractivity contribution in [2.75, 3.05) is 19.8 Å². The molecule has 1 N–H and O–H groups in total. The molecule has 0 aromatic heterocycles. The zero-order valence-electron chi connectivity index (χ0n) is 13.8. The maximum absolute atomic E-state index is 13.3. The Morgan fingerprint density at radius 1 is 1.35 bits per heavy atom. The number of alkyl halides is 4. The van der Waals surface area contributed by atoms with E-state index in [4.69, 9.17) is 4.74 Å². The SMILES string of the molecule is O=C(c1ccccc1OC(F)(F)C(F)F)N1CCO[C@H]2C[C@H](CO)C[C@@H]21. The third-order valence-electron chi connectivity index (χ3n) is 4.77. The van der Waals surface area contributed by atoms with Crippen LogP contribution in [0.1, 0.15) is 23.2 Å². The van der Waals surface area contributed by atoms with E-state index in [1.807, 2.05) is 0 Å². The van der Waals surface area contributed by atoms with Gasteiger partial charge < -0.3 is 19.5 Å². The van der Waals surface area contributed by atoms with Crippen LogP contribution in [0.15, 0.2) is 24.3 Å². The quantitative estimate of drug-likeness (QED) is 0.802. The average Bonchev–Trinajstić information content (AvgIpc) is 3.04. The van der Waals surface area contributed by atoms with Crippen LogP contribution in [0.4, 0.5) is 17.6 Å². The molecule has 1 amide bonds. The standard InChI is InChI=1S/C17H19F4NO4/c18-16(19)17(20,21)26-13-4-2-1-3-11(13)15(24)22-5-6-25-14-8-10(9-23)7-12(14)22/h1-4,10,12,14,16,23H,5-9H2/t10-,12+,14+/m1/s1. The van der Waals surface area contributed by atoms with Gasteiger partial charge in [0.15, 0.2) is 0 Å². The first-order valence-corrected chi connectivity index (χ1v) is 8.31. The number of nitrogens with zero attached hydrogens (tertiary/aromatic N) is 1. The third-order valence-corrected chi connectivity index (χ3v) is 4.77. The van der Waals surface area contributed by atoms with E-state index in [9.17, 15) is 27.5 Å². The van der Waals surface area contributed by atoms with Crippen LogP contribution in [-0.4, -0.2) is 60.4 Å². The summed E-state index contributed by atoms with van der Waals surface area (Å²) in [6, 6.07) is 4.81. The summed E-state index contributed by atoms with van der Waals surface area (Å²) < 4.78 is 61.2. The number of rotatable bonds is 5. The van der Waals surface area contributed by atoms with E-state index in [2.05, 4.69) is 4.74 Å². The normalized spacial score (nSPS) is 26.1. The molecule has 26 heavy (non-hydrogen) atoms. The van der Waals surface area contributed by atoms with E-state index in [0.29, 0.717) is 12.8 Å². The van der Waals surface area contributed by atoms with Gasteiger partial charge in [0.05, 0.1) is 24.3 Å². The lowest BCUT2D eigenvalue weighted by molar-refractivity contribution is -0.253. The summed E-state index contributed by atoms with van der Waals surface area (Å²) in [5, 5.41) is 9.35. The molecular formula is C17H19F4NO4. The molecular weight excluding hydrogens is 358 g/mol. The van der Waals surface area contributed by atoms with Crippen molar-refractivity contribution < 1.29 is 36.9 Å². The lowest BCUT2D eigenvalue weighted by Crippen LogP contribution is -2.51. The average molecular weight is 377 g/mol. The molecule has 144 valence electrons. The number of amides is 1. The van der Waals surface area contributed by atoms with Crippen LogP contribution in [0.3, 0.4) is 0 Å². The number of carbonyl (C=O) groups excluding carboxylic acids is 1. The summed E-state index contributed by atoms with van der Waals surface area (Å²) in [5.74, 6) is -1.18. The number of benzene rings is 1. The maximum atomic E-state index is 13.3. The van der Waals surface area contributed by atoms with Crippen molar-refractivity contribution in [3.8, 4) is 5.75 Å². The van der Waals surface area contributed by atoms with Crippen LogP contribution in [0, 0.1) is 5.92 Å². The van der Waals surface area contributed by atoms with Gasteiger partial charge in [0.25, 0.3) is 5.91 Å². The third kappa shape index (κ3) is 3.64. The molecule has 5 nitrogen and oxygen atoms in total. The van der Waals surface area contributed by atoms with E-state index >= 15 is 0 Å². The molecule has 2 aliphatic rings. The lowest BCUT2D eigenvalue weighted by atomic mass is 10.1. The molecule has 0 unspecified atom stereocenters. The van der Waals surface area contributed by atoms with Crippen molar-refractivity contribution >= 4 is 5.91 Å². The van der Waals surface area contributed by atoms with E-state index in [0.717, 1.165) is 6.07 Å². The number of carbonyl (C=O) groups is 1. The Morgan fingerprint density at radius 2 is 2.08 bits per heavy atom. The molecule has 9 heteroatoms. The molecule has 1 saturated carbocycles. The molecule has 2 fully saturated rings. The van der Waals surface area contributed by atoms with E-state index in [1.165, 1.54) is 23.1 Å². The number of hydrogen-bond donors (Lipinski definition) is 1. The second-order valence-electron chi connectivity index (χ2n) is 6.46. The van der Waals surface area contributed by atoms with Gasteiger partial charge >= 0.3 is 12.5 Å². The second-order valence-corrected chi connectivity index (χ2v) is 6.46. The van der Waals surface area contributed by atoms with Gasteiger partial charge in [-0.05, 0) is 30.9 Å². The minimum Gasteiger partial charge on any atom is -0.427 e. The zero-order valence-corrected chi connectivity index (χ0v) is 13.8. The molecule has 1 heterocycles. The fraction of sp³-hybridized carbons (Fsp3) is 0.588. The molecule has 1 saturated heterocycles. The van der Waals surface area contributed by atoms with Crippen molar-refractivity contribution in [2.24, 2.45) is 5.92 Å². The molecule has 1 aromatic rings. The molecule has 3 rings (SSSR count). The van der Waals surface area contributed by atoms with E-state index in [1.54, 1.807) is 0 Å². The minimum absolute atomic E-state index is 0.00643. The molecule has 1 aliphatic carbocycles. The molecule has 1 aliphatic heterocycles. The number of fused-ring (bicyclic) bond motifs is 1.